The van der Waals surface area contributed by atoms with E-state index in [1.165, 1.54) is 11.3 Å². The molecule has 3 heteroatoms. The highest BCUT2D eigenvalue weighted by Crippen LogP contribution is 2.10. The first kappa shape index (κ1) is 13.0. The average Bonchev–Trinajstić information content (AvgIpc) is 2.19. The zero-order valence-corrected chi connectivity index (χ0v) is 10.8. The lowest BCUT2D eigenvalue weighted by atomic mass is 10.2. The van der Waals surface area contributed by atoms with Crippen LogP contribution in [0.2, 0.25) is 0 Å². The zero-order valence-electron chi connectivity index (χ0n) is 10.8. The minimum atomic E-state index is 0.986. The van der Waals surface area contributed by atoms with Gasteiger partial charge in [0, 0.05) is 25.3 Å². The third-order valence-electron chi connectivity index (χ3n) is 2.34. The smallest absolute Gasteiger partial charge is 0.0340 e. The van der Waals surface area contributed by atoms with Crippen LogP contribution in [0.3, 0.4) is 0 Å². The molecule has 3 nitrogen and oxygen atoms in total. The van der Waals surface area contributed by atoms with E-state index in [9.17, 15) is 0 Å². The highest BCUT2D eigenvalue weighted by atomic mass is 15.1. The molecule has 0 aromatic heterocycles. The Hall–Kier alpha value is -1.06. The van der Waals surface area contributed by atoms with Crippen molar-refractivity contribution in [1.82, 2.24) is 9.80 Å². The van der Waals surface area contributed by atoms with Gasteiger partial charge in [-0.25, -0.2) is 0 Å². The minimum Gasteiger partial charge on any atom is -0.384 e. The maximum Gasteiger partial charge on any atom is 0.0340 e. The van der Waals surface area contributed by atoms with Crippen molar-refractivity contribution in [2.75, 3.05) is 46.6 Å². The normalized spacial score (nSPS) is 11.1. The Bertz CT molecular complexity index is 291. The van der Waals surface area contributed by atoms with E-state index in [0.29, 0.717) is 0 Å². The van der Waals surface area contributed by atoms with Crippen LogP contribution < -0.4 is 5.32 Å². The third-order valence-corrected chi connectivity index (χ3v) is 2.34. The Morgan fingerprint density at radius 2 is 1.56 bits per heavy atom. The van der Waals surface area contributed by atoms with Crippen LogP contribution in [0.1, 0.15) is 5.56 Å². The van der Waals surface area contributed by atoms with Crippen LogP contribution in [0.25, 0.3) is 0 Å². The molecular weight excluding hydrogens is 198 g/mol. The van der Waals surface area contributed by atoms with Gasteiger partial charge in [-0.05, 0) is 45.9 Å². The summed E-state index contributed by atoms with van der Waals surface area (Å²) < 4.78 is 0. The zero-order chi connectivity index (χ0) is 12.0. The van der Waals surface area contributed by atoms with Crippen molar-refractivity contribution in [2.24, 2.45) is 0 Å². The van der Waals surface area contributed by atoms with Gasteiger partial charge in [0.15, 0.2) is 0 Å². The first-order chi connectivity index (χ1) is 7.58. The summed E-state index contributed by atoms with van der Waals surface area (Å²) in [5, 5.41) is 3.40. The first-order valence-electron chi connectivity index (χ1n) is 5.70. The predicted molar refractivity (Wildman–Crippen MR) is 70.9 cm³/mol. The lowest BCUT2D eigenvalue weighted by Crippen LogP contribution is -2.20. The predicted octanol–water partition coefficient (Wildman–Crippen LogP) is 1.72. The van der Waals surface area contributed by atoms with Crippen LogP contribution in [-0.4, -0.2) is 51.1 Å². The van der Waals surface area contributed by atoms with Crippen LogP contribution in [-0.2, 0) is 6.54 Å². The molecule has 0 spiro atoms. The number of anilines is 1. The van der Waals surface area contributed by atoms with Gasteiger partial charge in [0.05, 0.1) is 0 Å². The fourth-order valence-corrected chi connectivity index (χ4v) is 1.52. The third kappa shape index (κ3) is 5.14. The van der Waals surface area contributed by atoms with Crippen molar-refractivity contribution in [3.63, 3.8) is 0 Å². The fraction of sp³-hybridized carbons (Fsp3) is 0.538. The topological polar surface area (TPSA) is 18.5 Å². The van der Waals surface area contributed by atoms with E-state index in [2.05, 4.69) is 67.6 Å². The van der Waals surface area contributed by atoms with E-state index in [4.69, 9.17) is 0 Å². The molecule has 1 aromatic carbocycles. The molecule has 0 saturated carbocycles. The van der Waals surface area contributed by atoms with Gasteiger partial charge in [-0.1, -0.05) is 12.1 Å². The second-order valence-electron chi connectivity index (χ2n) is 4.66. The second-order valence-corrected chi connectivity index (χ2v) is 4.66. The SMILES string of the molecule is CN(C)CCNc1ccc(CN(C)C)cc1. The maximum atomic E-state index is 3.40. The molecule has 0 aliphatic rings. The monoisotopic (exact) mass is 221 g/mol. The standard InChI is InChI=1S/C13H23N3/c1-15(2)10-9-14-13-7-5-12(6-8-13)11-16(3)4/h5-8,14H,9-11H2,1-4H3. The molecule has 16 heavy (non-hydrogen) atoms. The summed E-state index contributed by atoms with van der Waals surface area (Å²) >= 11 is 0. The van der Waals surface area contributed by atoms with Crippen molar-refractivity contribution in [3.05, 3.63) is 29.8 Å². The van der Waals surface area contributed by atoms with Gasteiger partial charge in [-0.15, -0.1) is 0 Å². The van der Waals surface area contributed by atoms with E-state index in [1.54, 1.807) is 0 Å². The molecular formula is C13H23N3. The molecule has 0 heterocycles. The van der Waals surface area contributed by atoms with Gasteiger partial charge in [-0.3, -0.25) is 0 Å². The van der Waals surface area contributed by atoms with Crippen molar-refractivity contribution in [1.29, 1.82) is 0 Å². The van der Waals surface area contributed by atoms with Gasteiger partial charge < -0.3 is 15.1 Å². The van der Waals surface area contributed by atoms with E-state index in [-0.39, 0.29) is 0 Å². The summed E-state index contributed by atoms with van der Waals surface area (Å²) in [5.41, 5.74) is 2.55. The summed E-state index contributed by atoms with van der Waals surface area (Å²) in [6.45, 7) is 3.04. The van der Waals surface area contributed by atoms with Crippen molar-refractivity contribution < 1.29 is 0 Å². The van der Waals surface area contributed by atoms with E-state index in [0.717, 1.165) is 19.6 Å². The maximum absolute atomic E-state index is 3.40. The van der Waals surface area contributed by atoms with E-state index in [1.807, 2.05) is 0 Å². The minimum absolute atomic E-state index is 0.986. The molecule has 0 aliphatic carbocycles. The average molecular weight is 221 g/mol. The molecule has 1 N–H and O–H groups in total. The van der Waals surface area contributed by atoms with E-state index >= 15 is 0 Å². The lowest BCUT2D eigenvalue weighted by Gasteiger charge is -2.13. The molecule has 0 saturated heterocycles. The number of nitrogens with zero attached hydrogens (tertiary/aromatic N) is 2. The van der Waals surface area contributed by atoms with Gasteiger partial charge in [0.1, 0.15) is 0 Å². The summed E-state index contributed by atoms with van der Waals surface area (Å²) in [6, 6.07) is 8.65. The summed E-state index contributed by atoms with van der Waals surface area (Å²) in [7, 11) is 8.34. The van der Waals surface area contributed by atoms with Gasteiger partial charge in [0.25, 0.3) is 0 Å². The first-order valence-corrected chi connectivity index (χ1v) is 5.70. The highest BCUT2D eigenvalue weighted by molar-refractivity contribution is 5.44. The molecule has 0 amide bonds. The Balaban J connectivity index is 2.39. The van der Waals surface area contributed by atoms with Crippen molar-refractivity contribution >= 4 is 5.69 Å². The van der Waals surface area contributed by atoms with Crippen LogP contribution >= 0.6 is 0 Å². The molecule has 1 aromatic rings. The number of nitrogens with one attached hydrogen (secondary N) is 1. The van der Waals surface area contributed by atoms with Crippen molar-refractivity contribution in [3.8, 4) is 0 Å². The molecule has 0 fully saturated rings. The Morgan fingerprint density at radius 1 is 0.938 bits per heavy atom. The Labute approximate surface area is 99.1 Å². The summed E-state index contributed by atoms with van der Waals surface area (Å²) in [6.07, 6.45) is 0. The number of hydrogen-bond donors (Lipinski definition) is 1. The molecule has 0 unspecified atom stereocenters. The molecule has 1 rings (SSSR count). The van der Waals surface area contributed by atoms with Gasteiger partial charge in [-0.2, -0.15) is 0 Å². The van der Waals surface area contributed by atoms with Crippen LogP contribution in [0.4, 0.5) is 5.69 Å². The molecule has 0 aliphatic heterocycles. The number of benzene rings is 1. The number of rotatable bonds is 6. The number of likely N-dealkylation sites (N-methyl/N-ethyl adjacent to an activating group) is 1. The summed E-state index contributed by atoms with van der Waals surface area (Å²) in [4.78, 5) is 4.35. The second kappa shape index (κ2) is 6.51. The summed E-state index contributed by atoms with van der Waals surface area (Å²) in [5.74, 6) is 0. The molecule has 0 bridgehead atoms. The number of hydrogen-bond acceptors (Lipinski definition) is 3. The van der Waals surface area contributed by atoms with E-state index < -0.39 is 0 Å². The Morgan fingerprint density at radius 3 is 2.06 bits per heavy atom. The van der Waals surface area contributed by atoms with Gasteiger partial charge in [0.2, 0.25) is 0 Å². The van der Waals surface area contributed by atoms with Gasteiger partial charge >= 0.3 is 0 Å². The molecule has 0 radical (unpaired) electrons. The largest absolute Gasteiger partial charge is 0.384 e. The molecule has 0 atom stereocenters. The van der Waals surface area contributed by atoms with Crippen LogP contribution in [0, 0.1) is 0 Å². The lowest BCUT2D eigenvalue weighted by molar-refractivity contribution is 0.402. The van der Waals surface area contributed by atoms with Crippen LogP contribution in [0.5, 0.6) is 0 Å². The fourth-order valence-electron chi connectivity index (χ4n) is 1.52. The molecule has 90 valence electrons. The quantitative estimate of drug-likeness (QED) is 0.789. The van der Waals surface area contributed by atoms with Crippen LogP contribution in [0.15, 0.2) is 24.3 Å². The highest BCUT2D eigenvalue weighted by Gasteiger charge is 1.96. The van der Waals surface area contributed by atoms with Crippen molar-refractivity contribution in [2.45, 2.75) is 6.54 Å². The Kier molecular flexibility index (Phi) is 5.29.